The molecule has 0 radical (unpaired) electrons. The van der Waals surface area contributed by atoms with Crippen LogP contribution >= 0.6 is 27.5 Å². The zero-order chi connectivity index (χ0) is 23.1. The van der Waals surface area contributed by atoms with Crippen LogP contribution < -0.4 is 14.8 Å². The van der Waals surface area contributed by atoms with Gasteiger partial charge in [-0.25, -0.2) is 0 Å². The molecule has 0 atom stereocenters. The summed E-state index contributed by atoms with van der Waals surface area (Å²) in [5.74, 6) is 0.966. The summed E-state index contributed by atoms with van der Waals surface area (Å²) >= 11 is 9.79. The summed E-state index contributed by atoms with van der Waals surface area (Å²) in [6.45, 7) is 6.76. The third kappa shape index (κ3) is 6.38. The third-order valence-electron chi connectivity index (χ3n) is 4.86. The molecule has 0 aliphatic rings. The molecule has 166 valence electrons. The van der Waals surface area contributed by atoms with Crippen LogP contribution in [0.4, 0.5) is 5.69 Å². The van der Waals surface area contributed by atoms with E-state index < -0.39 is 0 Å². The van der Waals surface area contributed by atoms with Gasteiger partial charge in [0.15, 0.2) is 11.5 Å². The molecule has 6 heteroatoms. The van der Waals surface area contributed by atoms with E-state index in [1.54, 1.807) is 6.08 Å². The fraction of sp³-hybridized carbons (Fsp3) is 0.192. The Balaban J connectivity index is 1.74. The Morgan fingerprint density at radius 3 is 2.56 bits per heavy atom. The lowest BCUT2D eigenvalue weighted by Gasteiger charge is -2.15. The molecule has 0 heterocycles. The lowest BCUT2D eigenvalue weighted by Crippen LogP contribution is -2.08. The van der Waals surface area contributed by atoms with Crippen molar-refractivity contribution in [3.63, 3.8) is 0 Å². The van der Waals surface area contributed by atoms with Gasteiger partial charge in [0.1, 0.15) is 6.61 Å². The summed E-state index contributed by atoms with van der Waals surface area (Å²) in [6.07, 6.45) is 3.23. The van der Waals surface area contributed by atoms with Crippen LogP contribution in [0.5, 0.6) is 11.5 Å². The number of carbonyl (C=O) groups is 1. The van der Waals surface area contributed by atoms with Crippen molar-refractivity contribution in [1.82, 2.24) is 0 Å². The molecule has 0 aliphatic heterocycles. The number of nitrogens with one attached hydrogen (secondary N) is 1. The number of hydrogen-bond acceptors (Lipinski definition) is 3. The molecule has 4 nitrogen and oxygen atoms in total. The Kier molecular flexibility index (Phi) is 8.37. The van der Waals surface area contributed by atoms with E-state index in [2.05, 4.69) is 21.2 Å². The van der Waals surface area contributed by atoms with Gasteiger partial charge in [-0.05, 0) is 89.8 Å². The van der Waals surface area contributed by atoms with Crippen molar-refractivity contribution in [2.75, 3.05) is 11.9 Å². The molecule has 0 fully saturated rings. The third-order valence-corrected chi connectivity index (χ3v) is 5.82. The van der Waals surface area contributed by atoms with E-state index in [0.29, 0.717) is 29.7 Å². The normalized spacial score (nSPS) is 10.9. The minimum Gasteiger partial charge on any atom is -0.490 e. The Labute approximate surface area is 202 Å². The molecule has 0 aromatic heterocycles. The molecule has 3 aromatic rings. The second kappa shape index (κ2) is 11.2. The van der Waals surface area contributed by atoms with Gasteiger partial charge in [0.2, 0.25) is 5.91 Å². The van der Waals surface area contributed by atoms with Crippen molar-refractivity contribution in [3.05, 3.63) is 92.4 Å². The number of carbonyl (C=O) groups excluding carboxylic acids is 1. The summed E-state index contributed by atoms with van der Waals surface area (Å²) in [7, 11) is 0. The molecule has 3 rings (SSSR count). The first-order valence-corrected chi connectivity index (χ1v) is 11.4. The topological polar surface area (TPSA) is 47.6 Å². The molecular formula is C26H25BrClNO3. The van der Waals surface area contributed by atoms with E-state index in [1.807, 2.05) is 75.4 Å². The molecule has 0 spiro atoms. The molecule has 0 unspecified atom stereocenters. The minimum absolute atomic E-state index is 0.207. The smallest absolute Gasteiger partial charge is 0.248 e. The summed E-state index contributed by atoms with van der Waals surface area (Å²) in [5, 5.41) is 3.53. The number of amides is 1. The highest BCUT2D eigenvalue weighted by molar-refractivity contribution is 9.10. The van der Waals surface area contributed by atoms with Crippen molar-refractivity contribution in [1.29, 1.82) is 0 Å². The lowest BCUT2D eigenvalue weighted by atomic mass is 10.1. The molecule has 0 bridgehead atoms. The van der Waals surface area contributed by atoms with E-state index in [0.717, 1.165) is 26.9 Å². The highest BCUT2D eigenvalue weighted by Gasteiger charge is 2.13. The number of ether oxygens (including phenoxy) is 2. The molecular weight excluding hydrogens is 490 g/mol. The van der Waals surface area contributed by atoms with Crippen LogP contribution in [0.3, 0.4) is 0 Å². The quantitative estimate of drug-likeness (QED) is 0.320. The van der Waals surface area contributed by atoms with Crippen LogP contribution in [0.2, 0.25) is 5.02 Å². The van der Waals surface area contributed by atoms with Gasteiger partial charge >= 0.3 is 0 Å². The zero-order valence-electron chi connectivity index (χ0n) is 18.2. The summed E-state index contributed by atoms with van der Waals surface area (Å²) in [5.41, 5.74) is 4.77. The van der Waals surface area contributed by atoms with Crippen molar-refractivity contribution in [3.8, 4) is 11.5 Å². The number of aryl methyl sites for hydroxylation is 2. The van der Waals surface area contributed by atoms with Gasteiger partial charge in [-0.15, -0.1) is 0 Å². The fourth-order valence-electron chi connectivity index (χ4n) is 3.03. The molecule has 32 heavy (non-hydrogen) atoms. The number of rotatable bonds is 8. The molecule has 0 saturated carbocycles. The predicted octanol–water partition coefficient (Wildman–Crippen LogP) is 7.35. The second-order valence-corrected chi connectivity index (χ2v) is 8.53. The van der Waals surface area contributed by atoms with Gasteiger partial charge in [-0.3, -0.25) is 4.79 Å². The maximum Gasteiger partial charge on any atom is 0.248 e. The van der Waals surface area contributed by atoms with Crippen molar-refractivity contribution < 1.29 is 14.3 Å². The maximum atomic E-state index is 12.4. The summed E-state index contributed by atoms with van der Waals surface area (Å²) in [4.78, 5) is 12.4. The van der Waals surface area contributed by atoms with Gasteiger partial charge in [0, 0.05) is 22.3 Å². The van der Waals surface area contributed by atoms with Gasteiger partial charge in [0.25, 0.3) is 0 Å². The Morgan fingerprint density at radius 1 is 1.06 bits per heavy atom. The van der Waals surface area contributed by atoms with Crippen LogP contribution in [-0.4, -0.2) is 12.5 Å². The van der Waals surface area contributed by atoms with E-state index in [-0.39, 0.29) is 5.91 Å². The monoisotopic (exact) mass is 513 g/mol. The average molecular weight is 515 g/mol. The molecule has 1 amide bonds. The minimum atomic E-state index is -0.207. The van der Waals surface area contributed by atoms with Crippen molar-refractivity contribution >= 4 is 45.2 Å². The van der Waals surface area contributed by atoms with Crippen LogP contribution in [0.25, 0.3) is 6.08 Å². The van der Waals surface area contributed by atoms with Gasteiger partial charge in [0.05, 0.1) is 11.1 Å². The molecule has 0 aliphatic carbocycles. The summed E-state index contributed by atoms with van der Waals surface area (Å²) < 4.78 is 12.5. The second-order valence-electron chi connectivity index (χ2n) is 7.26. The SMILES string of the molecule is CCOc1cc(/C=C/C(=O)Nc2ccc(C)c(C)c2)cc(Br)c1OCc1ccccc1Cl. The number of hydrogen-bond donors (Lipinski definition) is 1. The standard InChI is InChI=1S/C26H25BrClNO3/c1-4-31-24-15-19(10-12-25(30)29-21-11-9-17(2)18(3)13-21)14-22(27)26(24)32-16-20-7-5-6-8-23(20)28/h5-15H,4,16H2,1-3H3,(H,29,30)/b12-10+. The first-order valence-electron chi connectivity index (χ1n) is 10.3. The van der Waals surface area contributed by atoms with Crippen LogP contribution in [-0.2, 0) is 11.4 Å². The van der Waals surface area contributed by atoms with Gasteiger partial charge < -0.3 is 14.8 Å². The largest absolute Gasteiger partial charge is 0.490 e. The molecule has 1 N–H and O–H groups in total. The van der Waals surface area contributed by atoms with Crippen LogP contribution in [0.1, 0.15) is 29.2 Å². The van der Waals surface area contributed by atoms with Crippen LogP contribution in [0, 0.1) is 13.8 Å². The first-order chi connectivity index (χ1) is 15.4. The van der Waals surface area contributed by atoms with Crippen molar-refractivity contribution in [2.45, 2.75) is 27.4 Å². The fourth-order valence-corrected chi connectivity index (χ4v) is 3.79. The molecule has 3 aromatic carbocycles. The summed E-state index contributed by atoms with van der Waals surface area (Å²) in [6, 6.07) is 17.1. The lowest BCUT2D eigenvalue weighted by molar-refractivity contribution is -0.111. The zero-order valence-corrected chi connectivity index (χ0v) is 20.6. The predicted molar refractivity (Wildman–Crippen MR) is 135 cm³/mol. The average Bonchev–Trinajstić information content (AvgIpc) is 2.75. The van der Waals surface area contributed by atoms with E-state index in [4.69, 9.17) is 21.1 Å². The number of anilines is 1. The first kappa shape index (κ1) is 23.9. The molecule has 0 saturated heterocycles. The van der Waals surface area contributed by atoms with E-state index in [1.165, 1.54) is 11.6 Å². The number of halogens is 2. The Bertz CT molecular complexity index is 1140. The van der Waals surface area contributed by atoms with Gasteiger partial charge in [-0.1, -0.05) is 35.9 Å². The van der Waals surface area contributed by atoms with E-state index in [9.17, 15) is 4.79 Å². The maximum absolute atomic E-state index is 12.4. The Morgan fingerprint density at radius 2 is 1.84 bits per heavy atom. The Hall–Kier alpha value is -2.76. The van der Waals surface area contributed by atoms with Crippen molar-refractivity contribution in [2.24, 2.45) is 0 Å². The van der Waals surface area contributed by atoms with Gasteiger partial charge in [-0.2, -0.15) is 0 Å². The highest BCUT2D eigenvalue weighted by Crippen LogP contribution is 2.38. The van der Waals surface area contributed by atoms with E-state index >= 15 is 0 Å². The highest BCUT2D eigenvalue weighted by atomic mass is 79.9. The van der Waals surface area contributed by atoms with Crippen LogP contribution in [0.15, 0.2) is 65.1 Å². The number of benzene rings is 3.